The minimum Gasteiger partial charge on any atom is -0.267 e. The second kappa shape index (κ2) is 5.17. The maximum Gasteiger partial charge on any atom is 0.277 e. The summed E-state index contributed by atoms with van der Waals surface area (Å²) >= 11 is 0. The van der Waals surface area contributed by atoms with Crippen LogP contribution in [0.3, 0.4) is 0 Å². The summed E-state index contributed by atoms with van der Waals surface area (Å²) in [6, 6.07) is 6.45. The van der Waals surface area contributed by atoms with Crippen molar-refractivity contribution in [2.45, 2.75) is 31.1 Å². The van der Waals surface area contributed by atoms with Crippen LogP contribution < -0.4 is 10.3 Å². The van der Waals surface area contributed by atoms with Gasteiger partial charge in [-0.25, -0.2) is 18.1 Å². The number of hydrogen-bond acceptors (Lipinski definition) is 5. The number of anilines is 1. The number of H-pyrrole nitrogens is 1. The summed E-state index contributed by atoms with van der Waals surface area (Å²) in [5, 5.41) is 2.67. The number of sulfonamides is 1. The van der Waals surface area contributed by atoms with Gasteiger partial charge in [0.05, 0.1) is 10.6 Å². The van der Waals surface area contributed by atoms with Crippen LogP contribution in [-0.4, -0.2) is 28.0 Å². The third-order valence-electron chi connectivity index (χ3n) is 4.08. The molecule has 2 N–H and O–H groups in total. The zero-order valence-electron chi connectivity index (χ0n) is 12.9. The van der Waals surface area contributed by atoms with Gasteiger partial charge in [-0.2, -0.15) is 9.50 Å². The fraction of sp³-hybridized carbons (Fsp3) is 0.267. The molecule has 0 radical (unpaired) electrons. The lowest BCUT2D eigenvalue weighted by atomic mass is 10.2. The number of hydrogen-bond donors (Lipinski definition) is 2. The summed E-state index contributed by atoms with van der Waals surface area (Å²) in [7, 11) is -3.79. The highest BCUT2D eigenvalue weighted by molar-refractivity contribution is 7.92. The molecule has 8 nitrogen and oxygen atoms in total. The third-order valence-corrected chi connectivity index (χ3v) is 5.43. The lowest BCUT2D eigenvalue weighted by molar-refractivity contribution is 0.600. The Kier molecular flexibility index (Phi) is 3.20. The van der Waals surface area contributed by atoms with Gasteiger partial charge in [0.1, 0.15) is 0 Å². The Morgan fingerprint density at radius 3 is 2.67 bits per heavy atom. The number of nitrogens with one attached hydrogen (secondary N) is 2. The van der Waals surface area contributed by atoms with E-state index in [2.05, 4.69) is 19.8 Å². The number of aryl methyl sites for hydroxylation is 2. The van der Waals surface area contributed by atoms with Crippen molar-refractivity contribution < 1.29 is 8.42 Å². The molecule has 3 aromatic rings. The van der Waals surface area contributed by atoms with Crippen molar-refractivity contribution >= 4 is 21.7 Å². The lowest BCUT2D eigenvalue weighted by Crippen LogP contribution is -2.20. The van der Waals surface area contributed by atoms with Gasteiger partial charge < -0.3 is 0 Å². The van der Waals surface area contributed by atoms with E-state index >= 15 is 0 Å². The largest absolute Gasteiger partial charge is 0.277 e. The van der Waals surface area contributed by atoms with E-state index in [-0.39, 0.29) is 22.2 Å². The number of rotatable bonds is 3. The maximum atomic E-state index is 12.4. The molecule has 4 rings (SSSR count). The summed E-state index contributed by atoms with van der Waals surface area (Å²) in [6.45, 7) is 1.88. The first-order chi connectivity index (χ1) is 11.4. The molecule has 0 aliphatic heterocycles. The molecule has 0 bridgehead atoms. The summed E-state index contributed by atoms with van der Waals surface area (Å²) in [6.07, 6.45) is 2.34. The van der Waals surface area contributed by atoms with E-state index in [0.717, 1.165) is 24.1 Å². The van der Waals surface area contributed by atoms with E-state index in [9.17, 15) is 13.2 Å². The molecule has 0 fully saturated rings. The molecule has 0 saturated carbocycles. The van der Waals surface area contributed by atoms with Crippen LogP contribution in [0, 0.1) is 6.92 Å². The first-order valence-corrected chi connectivity index (χ1v) is 9.02. The van der Waals surface area contributed by atoms with Crippen LogP contribution in [-0.2, 0) is 22.9 Å². The summed E-state index contributed by atoms with van der Waals surface area (Å²) in [5.74, 6) is 0.131. The van der Waals surface area contributed by atoms with E-state index in [1.54, 1.807) is 12.1 Å². The van der Waals surface area contributed by atoms with E-state index in [0.29, 0.717) is 12.0 Å². The van der Waals surface area contributed by atoms with Crippen LogP contribution in [0.1, 0.15) is 23.2 Å². The van der Waals surface area contributed by atoms with Gasteiger partial charge in [-0.05, 0) is 38.3 Å². The fourth-order valence-electron chi connectivity index (χ4n) is 2.83. The van der Waals surface area contributed by atoms with Crippen molar-refractivity contribution in [1.29, 1.82) is 0 Å². The van der Waals surface area contributed by atoms with E-state index in [4.69, 9.17) is 0 Å². The molecule has 0 spiro atoms. The Morgan fingerprint density at radius 2 is 1.92 bits per heavy atom. The highest BCUT2D eigenvalue weighted by Gasteiger charge is 2.21. The second-order valence-electron chi connectivity index (χ2n) is 5.82. The highest BCUT2D eigenvalue weighted by atomic mass is 32.2. The van der Waals surface area contributed by atoms with Gasteiger partial charge in [0.15, 0.2) is 0 Å². The molecule has 2 heterocycles. The molecular weight excluding hydrogens is 330 g/mol. The normalized spacial score (nSPS) is 14.0. The third kappa shape index (κ3) is 2.37. The predicted octanol–water partition coefficient (Wildman–Crippen LogP) is 1.02. The molecule has 0 unspecified atom stereocenters. The van der Waals surface area contributed by atoms with Gasteiger partial charge in [-0.1, -0.05) is 17.7 Å². The minimum absolute atomic E-state index is 0.0381. The Balaban J connectivity index is 1.74. The molecule has 1 aliphatic carbocycles. The second-order valence-corrected chi connectivity index (χ2v) is 7.50. The van der Waals surface area contributed by atoms with Crippen LogP contribution in [0.4, 0.5) is 5.95 Å². The van der Waals surface area contributed by atoms with Crippen LogP contribution >= 0.6 is 0 Å². The average molecular weight is 345 g/mol. The molecule has 24 heavy (non-hydrogen) atoms. The highest BCUT2D eigenvalue weighted by Crippen LogP contribution is 2.18. The number of nitrogens with zero attached hydrogens (tertiary/aromatic N) is 3. The van der Waals surface area contributed by atoms with E-state index in [1.807, 2.05) is 6.92 Å². The Hall–Kier alpha value is -2.68. The topological polar surface area (TPSA) is 109 Å². The Bertz CT molecular complexity index is 1100. The number of benzene rings is 1. The SMILES string of the molecule is Cc1ccc(S(=O)(=O)Nc2nc3nc4c(c(=O)n3[nH]2)CCC4)cc1. The smallest absolute Gasteiger partial charge is 0.267 e. The van der Waals surface area contributed by atoms with Crippen LogP contribution in [0.15, 0.2) is 34.0 Å². The molecule has 0 atom stereocenters. The summed E-state index contributed by atoms with van der Waals surface area (Å²) in [4.78, 5) is 20.9. The van der Waals surface area contributed by atoms with Gasteiger partial charge in [-0.15, -0.1) is 0 Å². The van der Waals surface area contributed by atoms with Gasteiger partial charge in [0.25, 0.3) is 21.4 Å². The summed E-state index contributed by atoms with van der Waals surface area (Å²) in [5.41, 5.74) is 2.16. The van der Waals surface area contributed by atoms with Gasteiger partial charge >= 0.3 is 0 Å². The van der Waals surface area contributed by atoms with Crippen molar-refractivity contribution in [1.82, 2.24) is 19.6 Å². The molecule has 1 aromatic carbocycles. The molecule has 0 saturated heterocycles. The van der Waals surface area contributed by atoms with Crippen molar-refractivity contribution in [2.75, 3.05) is 4.72 Å². The summed E-state index contributed by atoms with van der Waals surface area (Å²) < 4.78 is 28.3. The van der Waals surface area contributed by atoms with E-state index in [1.165, 1.54) is 16.6 Å². The average Bonchev–Trinajstić information content (AvgIpc) is 3.14. The zero-order valence-corrected chi connectivity index (χ0v) is 13.7. The minimum atomic E-state index is -3.79. The van der Waals surface area contributed by atoms with Crippen molar-refractivity contribution in [3.05, 3.63) is 51.4 Å². The quantitative estimate of drug-likeness (QED) is 0.736. The van der Waals surface area contributed by atoms with Crippen molar-refractivity contribution in [2.24, 2.45) is 0 Å². The van der Waals surface area contributed by atoms with Crippen LogP contribution in [0.5, 0.6) is 0 Å². The monoisotopic (exact) mass is 345 g/mol. The molecule has 1 aliphatic rings. The number of aromatic amines is 1. The Labute approximate surface area is 137 Å². The fourth-order valence-corrected chi connectivity index (χ4v) is 3.79. The molecule has 0 amide bonds. The van der Waals surface area contributed by atoms with E-state index < -0.39 is 10.0 Å². The predicted molar refractivity (Wildman–Crippen MR) is 87.6 cm³/mol. The molecule has 124 valence electrons. The first-order valence-electron chi connectivity index (χ1n) is 7.54. The molecule has 2 aromatic heterocycles. The standard InChI is InChI=1S/C15H15N5O3S/c1-9-5-7-10(8-6-9)24(22,23)19-14-17-15-16-12-4-2-3-11(12)13(21)20(15)18-14/h5-8H,2-4H2,1H3,(H2,16,17,18,19). The van der Waals surface area contributed by atoms with Crippen molar-refractivity contribution in [3.8, 4) is 0 Å². The maximum absolute atomic E-state index is 12.4. The van der Waals surface area contributed by atoms with Gasteiger partial charge in [0, 0.05) is 5.56 Å². The molecular formula is C15H15N5O3S. The van der Waals surface area contributed by atoms with Crippen LogP contribution in [0.25, 0.3) is 5.78 Å². The molecule has 9 heteroatoms. The van der Waals surface area contributed by atoms with Crippen molar-refractivity contribution in [3.63, 3.8) is 0 Å². The number of aromatic nitrogens is 4. The van der Waals surface area contributed by atoms with Crippen LogP contribution in [0.2, 0.25) is 0 Å². The van der Waals surface area contributed by atoms with Gasteiger partial charge in [-0.3, -0.25) is 9.89 Å². The first kappa shape index (κ1) is 14.9. The lowest BCUT2D eigenvalue weighted by Gasteiger charge is -2.04. The number of fused-ring (bicyclic) bond motifs is 2. The Morgan fingerprint density at radius 1 is 1.17 bits per heavy atom. The van der Waals surface area contributed by atoms with Gasteiger partial charge in [0.2, 0.25) is 5.95 Å². The zero-order chi connectivity index (χ0) is 16.9.